The van der Waals surface area contributed by atoms with Crippen LogP contribution in [0.2, 0.25) is 0 Å². The lowest BCUT2D eigenvalue weighted by atomic mass is 10.0. The number of amides is 1. The summed E-state index contributed by atoms with van der Waals surface area (Å²) in [5, 5.41) is 9.73. The molecule has 1 aromatic rings. The lowest BCUT2D eigenvalue weighted by Gasteiger charge is -2.33. The number of ether oxygens (including phenoxy) is 1. The van der Waals surface area contributed by atoms with E-state index >= 15 is 0 Å². The van der Waals surface area contributed by atoms with E-state index in [0.717, 1.165) is 63.1 Å². The van der Waals surface area contributed by atoms with Crippen LogP contribution in [0.1, 0.15) is 51.0 Å². The summed E-state index contributed by atoms with van der Waals surface area (Å²) in [6.45, 7) is 6.57. The topological polar surface area (TPSA) is 78.0 Å². The fourth-order valence-corrected chi connectivity index (χ4v) is 3.92. The SMILES string of the molecule is CN=C(NCCCN1CCCCC1C)NCCc1ccc(OCC(=O)NC2CC2)cc1.I. The number of likely N-dealkylation sites (tertiary alicyclic amines) is 1. The van der Waals surface area contributed by atoms with E-state index < -0.39 is 0 Å². The average molecular weight is 558 g/mol. The van der Waals surface area contributed by atoms with E-state index in [4.69, 9.17) is 4.74 Å². The Balaban J connectivity index is 0.00000363. The van der Waals surface area contributed by atoms with Crippen LogP contribution in [-0.2, 0) is 11.2 Å². The van der Waals surface area contributed by atoms with Gasteiger partial charge in [0.2, 0.25) is 0 Å². The number of hydrogen-bond donors (Lipinski definition) is 3. The molecule has 1 aliphatic carbocycles. The van der Waals surface area contributed by atoms with Crippen LogP contribution in [0.25, 0.3) is 0 Å². The first kappa shape index (κ1) is 26.7. The molecule has 0 bridgehead atoms. The minimum atomic E-state index is -0.0416. The second-order valence-electron chi connectivity index (χ2n) is 8.68. The highest BCUT2D eigenvalue weighted by molar-refractivity contribution is 14.0. The quantitative estimate of drug-likeness (QED) is 0.169. The van der Waals surface area contributed by atoms with E-state index in [1.807, 2.05) is 31.3 Å². The van der Waals surface area contributed by atoms with Gasteiger partial charge in [0.15, 0.2) is 12.6 Å². The zero-order valence-corrected chi connectivity index (χ0v) is 21.9. The molecular weight excluding hydrogens is 517 g/mol. The summed E-state index contributed by atoms with van der Waals surface area (Å²) in [6.07, 6.45) is 8.25. The Bertz CT molecular complexity index is 709. The number of hydrogen-bond acceptors (Lipinski definition) is 4. The Morgan fingerprint density at radius 3 is 2.56 bits per heavy atom. The number of carbonyl (C=O) groups excluding carboxylic acids is 1. The fourth-order valence-electron chi connectivity index (χ4n) is 3.92. The zero-order valence-electron chi connectivity index (χ0n) is 19.6. The molecule has 1 aliphatic heterocycles. The first-order chi connectivity index (χ1) is 15.1. The Morgan fingerprint density at radius 1 is 1.12 bits per heavy atom. The average Bonchev–Trinajstić information content (AvgIpc) is 3.60. The summed E-state index contributed by atoms with van der Waals surface area (Å²) in [5.74, 6) is 1.54. The second kappa shape index (κ2) is 14.6. The number of nitrogens with one attached hydrogen (secondary N) is 3. The molecule has 7 nitrogen and oxygen atoms in total. The Kier molecular flexibility index (Phi) is 12.2. The van der Waals surface area contributed by atoms with E-state index in [0.29, 0.717) is 6.04 Å². The highest BCUT2D eigenvalue weighted by atomic mass is 127. The molecule has 1 amide bonds. The fraction of sp³-hybridized carbons (Fsp3) is 0.667. The minimum absolute atomic E-state index is 0. The largest absolute Gasteiger partial charge is 0.484 e. The van der Waals surface area contributed by atoms with Gasteiger partial charge in [-0.25, -0.2) is 0 Å². The number of carbonyl (C=O) groups is 1. The molecule has 2 fully saturated rings. The van der Waals surface area contributed by atoms with Gasteiger partial charge in [-0.2, -0.15) is 0 Å². The third-order valence-electron chi connectivity index (χ3n) is 6.02. The van der Waals surface area contributed by atoms with Gasteiger partial charge in [-0.05, 0) is 69.7 Å². The van der Waals surface area contributed by atoms with Crippen molar-refractivity contribution in [2.24, 2.45) is 4.99 Å². The maximum atomic E-state index is 11.7. The van der Waals surface area contributed by atoms with Crippen molar-refractivity contribution in [3.05, 3.63) is 29.8 Å². The molecule has 1 unspecified atom stereocenters. The van der Waals surface area contributed by atoms with Crippen LogP contribution in [0, 0.1) is 0 Å². The minimum Gasteiger partial charge on any atom is -0.484 e. The normalized spacial score (nSPS) is 19.1. The van der Waals surface area contributed by atoms with Crippen LogP contribution in [0.5, 0.6) is 5.75 Å². The van der Waals surface area contributed by atoms with E-state index in [1.54, 1.807) is 0 Å². The van der Waals surface area contributed by atoms with Crippen LogP contribution in [0.3, 0.4) is 0 Å². The first-order valence-corrected chi connectivity index (χ1v) is 11.8. The number of guanidine groups is 1. The molecule has 32 heavy (non-hydrogen) atoms. The lowest BCUT2D eigenvalue weighted by Crippen LogP contribution is -2.41. The second-order valence-corrected chi connectivity index (χ2v) is 8.68. The van der Waals surface area contributed by atoms with Crippen LogP contribution < -0.4 is 20.7 Å². The molecule has 0 aromatic heterocycles. The van der Waals surface area contributed by atoms with E-state index in [-0.39, 0.29) is 36.5 Å². The summed E-state index contributed by atoms with van der Waals surface area (Å²) < 4.78 is 5.56. The van der Waals surface area contributed by atoms with Crippen molar-refractivity contribution in [3.8, 4) is 5.75 Å². The van der Waals surface area contributed by atoms with Gasteiger partial charge in [-0.15, -0.1) is 24.0 Å². The maximum Gasteiger partial charge on any atom is 0.258 e. The van der Waals surface area contributed by atoms with Gasteiger partial charge in [0.05, 0.1) is 0 Å². The predicted molar refractivity (Wildman–Crippen MR) is 141 cm³/mol. The summed E-state index contributed by atoms with van der Waals surface area (Å²) in [5.41, 5.74) is 1.22. The number of rotatable bonds is 11. The van der Waals surface area contributed by atoms with Crippen LogP contribution in [-0.4, -0.2) is 68.7 Å². The highest BCUT2D eigenvalue weighted by Gasteiger charge is 2.23. The number of piperidine rings is 1. The molecule has 3 N–H and O–H groups in total. The van der Waals surface area contributed by atoms with Crippen molar-refractivity contribution in [1.82, 2.24) is 20.9 Å². The van der Waals surface area contributed by atoms with Gasteiger partial charge in [-0.1, -0.05) is 18.6 Å². The van der Waals surface area contributed by atoms with Gasteiger partial charge in [0, 0.05) is 38.8 Å². The Labute approximate surface area is 210 Å². The molecule has 1 atom stereocenters. The van der Waals surface area contributed by atoms with Gasteiger partial charge in [0.25, 0.3) is 5.91 Å². The Hall–Kier alpha value is -1.55. The number of benzene rings is 1. The molecule has 0 spiro atoms. The molecular formula is C24H40IN5O2. The predicted octanol–water partition coefficient (Wildman–Crippen LogP) is 2.93. The van der Waals surface area contributed by atoms with E-state index in [9.17, 15) is 4.79 Å². The van der Waals surface area contributed by atoms with Crippen molar-refractivity contribution < 1.29 is 9.53 Å². The lowest BCUT2D eigenvalue weighted by molar-refractivity contribution is -0.123. The van der Waals surface area contributed by atoms with Gasteiger partial charge >= 0.3 is 0 Å². The third-order valence-corrected chi connectivity index (χ3v) is 6.02. The van der Waals surface area contributed by atoms with Crippen molar-refractivity contribution in [1.29, 1.82) is 0 Å². The van der Waals surface area contributed by atoms with Crippen molar-refractivity contribution in [2.75, 3.05) is 39.8 Å². The van der Waals surface area contributed by atoms with Crippen LogP contribution in [0.4, 0.5) is 0 Å². The van der Waals surface area contributed by atoms with Gasteiger partial charge in [0.1, 0.15) is 5.75 Å². The summed E-state index contributed by atoms with van der Waals surface area (Å²) in [4.78, 5) is 18.6. The van der Waals surface area contributed by atoms with Crippen LogP contribution in [0.15, 0.2) is 29.3 Å². The summed E-state index contributed by atoms with van der Waals surface area (Å²) >= 11 is 0. The van der Waals surface area contributed by atoms with Crippen molar-refractivity contribution in [2.45, 2.75) is 64.0 Å². The Morgan fingerprint density at radius 2 is 1.88 bits per heavy atom. The smallest absolute Gasteiger partial charge is 0.258 e. The molecule has 180 valence electrons. The van der Waals surface area contributed by atoms with Gasteiger partial charge in [-0.3, -0.25) is 9.79 Å². The maximum absolute atomic E-state index is 11.7. The molecule has 8 heteroatoms. The summed E-state index contributed by atoms with van der Waals surface area (Å²) in [7, 11) is 1.81. The van der Waals surface area contributed by atoms with Crippen molar-refractivity contribution in [3.63, 3.8) is 0 Å². The molecule has 2 aliphatic rings. The van der Waals surface area contributed by atoms with Crippen molar-refractivity contribution >= 4 is 35.8 Å². The van der Waals surface area contributed by atoms with Gasteiger partial charge < -0.3 is 25.6 Å². The van der Waals surface area contributed by atoms with E-state index in [1.165, 1.54) is 31.4 Å². The summed E-state index contributed by atoms with van der Waals surface area (Å²) in [6, 6.07) is 9.04. The monoisotopic (exact) mass is 557 g/mol. The standard InChI is InChI=1S/C24H39N5O2.HI/c1-19-6-3-4-16-29(19)17-5-14-26-24(25-2)27-15-13-20-7-11-22(12-8-20)31-18-23(30)28-21-9-10-21;/h7-8,11-12,19,21H,3-6,9-10,13-18H2,1-2H3,(H,28,30)(H2,25,26,27);1H. The number of halogens is 1. The molecule has 0 radical (unpaired) electrons. The molecule has 1 aromatic carbocycles. The number of aliphatic imine (C=N–C) groups is 1. The zero-order chi connectivity index (χ0) is 21.9. The highest BCUT2D eigenvalue weighted by Crippen LogP contribution is 2.18. The number of nitrogens with zero attached hydrogens (tertiary/aromatic N) is 2. The molecule has 3 rings (SSSR count). The molecule has 1 heterocycles. The third kappa shape index (κ3) is 9.94. The van der Waals surface area contributed by atoms with E-state index in [2.05, 4.69) is 32.8 Å². The molecule has 1 saturated carbocycles. The van der Waals surface area contributed by atoms with Crippen LogP contribution >= 0.6 is 24.0 Å². The molecule has 1 saturated heterocycles. The first-order valence-electron chi connectivity index (χ1n) is 11.8.